The van der Waals surface area contributed by atoms with Crippen LogP contribution in [-0.4, -0.2) is 50.4 Å². The van der Waals surface area contributed by atoms with Crippen molar-refractivity contribution in [3.8, 4) is 0 Å². The molecule has 0 aromatic heterocycles. The van der Waals surface area contributed by atoms with E-state index in [1.807, 2.05) is 0 Å². The predicted molar refractivity (Wildman–Crippen MR) is 85.0 cm³/mol. The van der Waals surface area contributed by atoms with Crippen LogP contribution in [0.25, 0.3) is 0 Å². The first-order chi connectivity index (χ1) is 9.70. The normalized spacial score (nSPS) is 13.4. The molecule has 1 aromatic carbocycles. The first-order valence-corrected chi connectivity index (χ1v) is 7.25. The van der Waals surface area contributed by atoms with Crippen LogP contribution in [0.3, 0.4) is 0 Å². The summed E-state index contributed by atoms with van der Waals surface area (Å²) >= 11 is 11.8. The zero-order valence-corrected chi connectivity index (χ0v) is 14.0. The van der Waals surface area contributed by atoms with E-state index in [0.717, 1.165) is 4.90 Å². The lowest BCUT2D eigenvalue weighted by Gasteiger charge is -2.22. The molecule has 0 heterocycles. The summed E-state index contributed by atoms with van der Waals surface area (Å²) in [4.78, 5) is 26.2. The van der Waals surface area contributed by atoms with Gasteiger partial charge in [-0.2, -0.15) is 0 Å². The molecule has 0 saturated carbocycles. The third-order valence-corrected chi connectivity index (χ3v) is 3.63. The van der Waals surface area contributed by atoms with E-state index < -0.39 is 0 Å². The van der Waals surface area contributed by atoms with Gasteiger partial charge in [0, 0.05) is 29.8 Å². The van der Waals surface area contributed by atoms with Crippen molar-refractivity contribution in [2.45, 2.75) is 13.0 Å². The van der Waals surface area contributed by atoms with E-state index in [4.69, 9.17) is 23.2 Å². The Kier molecular flexibility index (Phi) is 6.45. The molecule has 2 N–H and O–H groups in total. The van der Waals surface area contributed by atoms with Crippen LogP contribution in [0.4, 0.5) is 5.69 Å². The number of amides is 2. The number of halogens is 2. The quantitative estimate of drug-likeness (QED) is 0.842. The van der Waals surface area contributed by atoms with E-state index >= 15 is 0 Å². The van der Waals surface area contributed by atoms with Crippen LogP contribution in [-0.2, 0) is 9.59 Å². The average Bonchev–Trinajstić information content (AvgIpc) is 2.35. The Bertz CT molecular complexity index is 515. The van der Waals surface area contributed by atoms with E-state index in [-0.39, 0.29) is 24.4 Å². The third-order valence-electron chi connectivity index (χ3n) is 3.19. The van der Waals surface area contributed by atoms with Crippen molar-refractivity contribution >= 4 is 40.7 Å². The lowest BCUT2D eigenvalue weighted by atomic mass is 10.2. The largest absolute Gasteiger partial charge is 0.344 e. The maximum atomic E-state index is 12.2. The van der Waals surface area contributed by atoms with E-state index in [1.54, 1.807) is 46.3 Å². The number of rotatable bonds is 5. The summed E-state index contributed by atoms with van der Waals surface area (Å²) in [6, 6.07) is 4.46. The SMILES string of the molecule is C[C@@H](C(=O)Nc1cc(Cl)cc(Cl)c1)[NH+](C)CC(=O)N(C)C. The standard InChI is InChI=1S/C14H19Cl2N3O2/c1-9(19(4)8-13(20)18(2)3)14(21)17-12-6-10(15)5-11(16)7-12/h5-7,9H,8H2,1-4H3,(H,17,21)/p+1/t9-/m0/s1. The Morgan fingerprint density at radius 2 is 1.76 bits per heavy atom. The topological polar surface area (TPSA) is 53.9 Å². The van der Waals surface area contributed by atoms with Crippen LogP contribution < -0.4 is 10.2 Å². The Labute approximate surface area is 134 Å². The Morgan fingerprint density at radius 3 is 2.24 bits per heavy atom. The van der Waals surface area contributed by atoms with Crippen LogP contribution in [0.15, 0.2) is 18.2 Å². The number of nitrogens with zero attached hydrogens (tertiary/aromatic N) is 1. The van der Waals surface area contributed by atoms with E-state index in [0.29, 0.717) is 15.7 Å². The highest BCUT2D eigenvalue weighted by Crippen LogP contribution is 2.22. The minimum Gasteiger partial charge on any atom is -0.344 e. The van der Waals surface area contributed by atoms with Crippen LogP contribution in [0.2, 0.25) is 10.0 Å². The van der Waals surface area contributed by atoms with Gasteiger partial charge < -0.3 is 15.1 Å². The van der Waals surface area contributed by atoms with Crippen molar-refractivity contribution in [1.29, 1.82) is 0 Å². The van der Waals surface area contributed by atoms with Gasteiger partial charge in [-0.25, -0.2) is 0 Å². The third kappa shape index (κ3) is 5.53. The summed E-state index contributed by atoms with van der Waals surface area (Å²) in [5, 5.41) is 3.66. The number of quaternary nitrogens is 1. The molecule has 0 aliphatic carbocycles. The van der Waals surface area contributed by atoms with Gasteiger partial charge >= 0.3 is 0 Å². The Morgan fingerprint density at radius 1 is 1.24 bits per heavy atom. The predicted octanol–water partition coefficient (Wildman–Crippen LogP) is 0.923. The van der Waals surface area contributed by atoms with Crippen molar-refractivity contribution in [2.24, 2.45) is 0 Å². The second kappa shape index (κ2) is 7.64. The minimum atomic E-state index is -0.383. The molecule has 1 aromatic rings. The van der Waals surface area contributed by atoms with Gasteiger partial charge in [-0.15, -0.1) is 0 Å². The number of hydrogen-bond acceptors (Lipinski definition) is 2. The molecule has 116 valence electrons. The second-order valence-electron chi connectivity index (χ2n) is 5.18. The van der Waals surface area contributed by atoms with Gasteiger partial charge in [0.2, 0.25) is 0 Å². The fraction of sp³-hybridized carbons (Fsp3) is 0.429. The van der Waals surface area contributed by atoms with Crippen LogP contribution in [0.1, 0.15) is 6.92 Å². The molecule has 1 unspecified atom stereocenters. The lowest BCUT2D eigenvalue weighted by Crippen LogP contribution is -3.15. The molecule has 5 nitrogen and oxygen atoms in total. The molecule has 7 heteroatoms. The molecule has 0 bridgehead atoms. The molecule has 2 atom stereocenters. The molecule has 0 radical (unpaired) electrons. The Balaban J connectivity index is 2.67. The summed E-state index contributed by atoms with van der Waals surface area (Å²) in [5.74, 6) is -0.227. The molecule has 0 spiro atoms. The molecule has 1 rings (SSSR count). The molecule has 0 fully saturated rings. The summed E-state index contributed by atoms with van der Waals surface area (Å²) < 4.78 is 0. The summed E-state index contributed by atoms with van der Waals surface area (Å²) in [6.45, 7) is 2.01. The van der Waals surface area contributed by atoms with Gasteiger partial charge in [0.15, 0.2) is 12.6 Å². The van der Waals surface area contributed by atoms with Gasteiger partial charge in [0.1, 0.15) is 0 Å². The van der Waals surface area contributed by atoms with Crippen molar-refractivity contribution in [3.63, 3.8) is 0 Å². The van der Waals surface area contributed by atoms with Gasteiger partial charge in [0.05, 0.1) is 7.05 Å². The lowest BCUT2D eigenvalue weighted by molar-refractivity contribution is -0.886. The zero-order valence-electron chi connectivity index (χ0n) is 12.5. The highest BCUT2D eigenvalue weighted by Gasteiger charge is 2.24. The number of nitrogens with one attached hydrogen (secondary N) is 2. The van der Waals surface area contributed by atoms with Crippen molar-refractivity contribution in [3.05, 3.63) is 28.2 Å². The fourth-order valence-electron chi connectivity index (χ4n) is 1.65. The number of benzene rings is 1. The number of likely N-dealkylation sites (N-methyl/N-ethyl adjacent to an activating group) is 2. The molecule has 0 aliphatic rings. The maximum absolute atomic E-state index is 12.2. The summed E-state index contributed by atoms with van der Waals surface area (Å²) in [7, 11) is 5.18. The highest BCUT2D eigenvalue weighted by molar-refractivity contribution is 6.35. The van der Waals surface area contributed by atoms with E-state index in [1.165, 1.54) is 4.90 Å². The highest BCUT2D eigenvalue weighted by atomic mass is 35.5. The molecular weight excluding hydrogens is 313 g/mol. The number of carbonyl (C=O) groups excluding carboxylic acids is 2. The van der Waals surface area contributed by atoms with E-state index in [2.05, 4.69) is 5.32 Å². The summed E-state index contributed by atoms with van der Waals surface area (Å²) in [6.07, 6.45) is 0. The zero-order chi connectivity index (χ0) is 16.2. The van der Waals surface area contributed by atoms with Crippen LogP contribution >= 0.6 is 23.2 Å². The molecule has 2 amide bonds. The molecule has 0 aliphatic heterocycles. The van der Waals surface area contributed by atoms with Gasteiger partial charge in [0.25, 0.3) is 11.8 Å². The first-order valence-electron chi connectivity index (χ1n) is 6.50. The van der Waals surface area contributed by atoms with Crippen molar-refractivity contribution in [1.82, 2.24) is 4.90 Å². The Hall–Kier alpha value is -1.30. The minimum absolute atomic E-state index is 0.0297. The molecule has 0 saturated heterocycles. The summed E-state index contributed by atoms with van der Waals surface area (Å²) in [5.41, 5.74) is 0.538. The van der Waals surface area contributed by atoms with Crippen LogP contribution in [0, 0.1) is 0 Å². The maximum Gasteiger partial charge on any atom is 0.282 e. The number of carbonyl (C=O) groups is 2. The fourth-order valence-corrected chi connectivity index (χ4v) is 2.18. The number of anilines is 1. The van der Waals surface area contributed by atoms with Crippen LogP contribution in [0.5, 0.6) is 0 Å². The first kappa shape index (κ1) is 17.8. The van der Waals surface area contributed by atoms with Crippen molar-refractivity contribution in [2.75, 3.05) is 33.0 Å². The second-order valence-corrected chi connectivity index (χ2v) is 6.05. The molecule has 21 heavy (non-hydrogen) atoms. The van der Waals surface area contributed by atoms with Gasteiger partial charge in [-0.3, -0.25) is 9.59 Å². The number of hydrogen-bond donors (Lipinski definition) is 2. The van der Waals surface area contributed by atoms with Gasteiger partial charge in [-0.1, -0.05) is 23.2 Å². The molecular formula is C14H20Cl2N3O2+. The monoisotopic (exact) mass is 332 g/mol. The van der Waals surface area contributed by atoms with Crippen molar-refractivity contribution < 1.29 is 14.5 Å². The van der Waals surface area contributed by atoms with Gasteiger partial charge in [-0.05, 0) is 25.1 Å². The van der Waals surface area contributed by atoms with E-state index in [9.17, 15) is 9.59 Å². The smallest absolute Gasteiger partial charge is 0.282 e. The average molecular weight is 333 g/mol.